The minimum absolute atomic E-state index is 0.124. The third-order valence-corrected chi connectivity index (χ3v) is 3.93. The van der Waals surface area contributed by atoms with E-state index in [4.69, 9.17) is 14.0 Å². The van der Waals surface area contributed by atoms with E-state index in [0.717, 1.165) is 19.7 Å². The Morgan fingerprint density at radius 3 is 3.30 bits per heavy atom. The predicted octanol–water partition coefficient (Wildman–Crippen LogP) is 0.155. The van der Waals surface area contributed by atoms with E-state index >= 15 is 0 Å². The van der Waals surface area contributed by atoms with Crippen LogP contribution in [0.4, 0.5) is 0 Å². The summed E-state index contributed by atoms with van der Waals surface area (Å²) in [5.74, 6) is 1.01. The van der Waals surface area contributed by atoms with Crippen molar-refractivity contribution in [1.29, 1.82) is 0 Å². The maximum Gasteiger partial charge on any atom is 0.229 e. The fraction of sp³-hybridized carbons (Fsp3) is 0.846. The third kappa shape index (κ3) is 3.01. The molecule has 0 radical (unpaired) electrons. The van der Waals surface area contributed by atoms with Gasteiger partial charge in [-0.05, 0) is 19.4 Å². The van der Waals surface area contributed by atoms with Crippen LogP contribution in [0.15, 0.2) is 4.52 Å². The first-order valence-electron chi connectivity index (χ1n) is 7.11. The number of methoxy groups -OCH3 is 1. The van der Waals surface area contributed by atoms with Crippen molar-refractivity contribution in [3.05, 3.63) is 11.7 Å². The molecule has 0 amide bonds. The fourth-order valence-electron chi connectivity index (χ4n) is 2.91. The molecule has 20 heavy (non-hydrogen) atoms. The number of fused-ring (bicyclic) bond motifs is 1. The Kier molecular flexibility index (Phi) is 4.30. The second-order valence-electron chi connectivity index (χ2n) is 5.47. The van der Waals surface area contributed by atoms with Crippen molar-refractivity contribution in [2.75, 3.05) is 33.4 Å². The lowest BCUT2D eigenvalue weighted by Crippen LogP contribution is -2.42. The average molecular weight is 283 g/mol. The Hall–Kier alpha value is -1.02. The van der Waals surface area contributed by atoms with Crippen LogP contribution in [-0.4, -0.2) is 65.7 Å². The summed E-state index contributed by atoms with van der Waals surface area (Å²) in [5, 5.41) is 13.6. The summed E-state index contributed by atoms with van der Waals surface area (Å²) in [6.07, 6.45) is 2.01. The lowest BCUT2D eigenvalue weighted by Gasteiger charge is -2.33. The van der Waals surface area contributed by atoms with Gasteiger partial charge in [-0.2, -0.15) is 4.98 Å². The van der Waals surface area contributed by atoms with Gasteiger partial charge in [0.1, 0.15) is 6.10 Å². The summed E-state index contributed by atoms with van der Waals surface area (Å²) in [7, 11) is 1.55. The highest BCUT2D eigenvalue weighted by molar-refractivity contribution is 4.97. The quantitative estimate of drug-likeness (QED) is 0.824. The van der Waals surface area contributed by atoms with Crippen molar-refractivity contribution in [1.82, 2.24) is 15.0 Å². The minimum atomic E-state index is -0.622. The summed E-state index contributed by atoms with van der Waals surface area (Å²) >= 11 is 0. The van der Waals surface area contributed by atoms with Crippen molar-refractivity contribution < 1.29 is 19.1 Å². The SMILES string of the molecule is COCC(O)Cc1nc(C2CN3CCCC3CO2)no1. The molecular weight excluding hydrogens is 262 g/mol. The molecule has 0 aromatic carbocycles. The molecule has 2 aliphatic rings. The molecule has 1 N–H and O–H groups in total. The number of aliphatic hydroxyl groups excluding tert-OH is 1. The molecule has 0 saturated carbocycles. The smallest absolute Gasteiger partial charge is 0.229 e. The van der Waals surface area contributed by atoms with Crippen LogP contribution in [0.2, 0.25) is 0 Å². The average Bonchev–Trinajstić information content (AvgIpc) is 3.06. The van der Waals surface area contributed by atoms with Gasteiger partial charge < -0.3 is 19.1 Å². The predicted molar refractivity (Wildman–Crippen MR) is 69.2 cm³/mol. The van der Waals surface area contributed by atoms with Gasteiger partial charge in [0.15, 0.2) is 0 Å². The Morgan fingerprint density at radius 1 is 1.55 bits per heavy atom. The molecule has 0 spiro atoms. The molecule has 7 heteroatoms. The normalized spacial score (nSPS) is 28.5. The van der Waals surface area contributed by atoms with Crippen LogP contribution in [0.5, 0.6) is 0 Å². The Morgan fingerprint density at radius 2 is 2.45 bits per heavy atom. The Bertz CT molecular complexity index is 439. The Labute approximate surface area is 117 Å². The van der Waals surface area contributed by atoms with E-state index in [1.54, 1.807) is 7.11 Å². The Balaban J connectivity index is 1.59. The van der Waals surface area contributed by atoms with E-state index in [0.29, 0.717) is 24.2 Å². The van der Waals surface area contributed by atoms with E-state index in [9.17, 15) is 5.11 Å². The molecule has 7 nitrogen and oxygen atoms in total. The highest BCUT2D eigenvalue weighted by atomic mass is 16.5. The zero-order chi connectivity index (χ0) is 13.9. The van der Waals surface area contributed by atoms with Crippen molar-refractivity contribution in [2.24, 2.45) is 0 Å². The molecule has 0 aliphatic carbocycles. The number of aliphatic hydroxyl groups is 1. The van der Waals surface area contributed by atoms with E-state index in [1.807, 2.05) is 0 Å². The molecule has 3 unspecified atom stereocenters. The van der Waals surface area contributed by atoms with Crippen LogP contribution in [0.3, 0.4) is 0 Å². The fourth-order valence-corrected chi connectivity index (χ4v) is 2.91. The molecule has 2 aliphatic heterocycles. The van der Waals surface area contributed by atoms with Gasteiger partial charge in [0, 0.05) is 19.7 Å². The standard InChI is InChI=1S/C13H21N3O4/c1-18-8-10(17)5-12-14-13(15-20-12)11-6-16-4-2-3-9(16)7-19-11/h9-11,17H,2-8H2,1H3. The van der Waals surface area contributed by atoms with Gasteiger partial charge in [-0.1, -0.05) is 5.16 Å². The van der Waals surface area contributed by atoms with Gasteiger partial charge in [-0.25, -0.2) is 0 Å². The topological polar surface area (TPSA) is 80.9 Å². The first-order chi connectivity index (χ1) is 9.76. The number of nitrogens with zero attached hydrogens (tertiary/aromatic N) is 3. The van der Waals surface area contributed by atoms with Crippen molar-refractivity contribution >= 4 is 0 Å². The van der Waals surface area contributed by atoms with Crippen LogP contribution in [0, 0.1) is 0 Å². The summed E-state index contributed by atoms with van der Waals surface area (Å²) < 4.78 is 15.9. The van der Waals surface area contributed by atoms with Gasteiger partial charge in [0.25, 0.3) is 0 Å². The van der Waals surface area contributed by atoms with Gasteiger partial charge in [-0.3, -0.25) is 4.90 Å². The van der Waals surface area contributed by atoms with Crippen LogP contribution < -0.4 is 0 Å². The number of ether oxygens (including phenoxy) is 2. The number of aromatic nitrogens is 2. The maximum atomic E-state index is 9.65. The highest BCUT2D eigenvalue weighted by Gasteiger charge is 2.34. The second-order valence-corrected chi connectivity index (χ2v) is 5.47. The van der Waals surface area contributed by atoms with Crippen molar-refractivity contribution in [3.8, 4) is 0 Å². The van der Waals surface area contributed by atoms with Crippen LogP contribution in [0.25, 0.3) is 0 Å². The molecule has 2 saturated heterocycles. The van der Waals surface area contributed by atoms with E-state index in [1.165, 1.54) is 12.8 Å². The summed E-state index contributed by atoms with van der Waals surface area (Å²) in [6.45, 7) is 2.94. The molecule has 1 aromatic heterocycles. The monoisotopic (exact) mass is 283 g/mol. The second kappa shape index (κ2) is 6.17. The first kappa shape index (κ1) is 13.9. The van der Waals surface area contributed by atoms with Crippen LogP contribution in [0.1, 0.15) is 30.7 Å². The zero-order valence-electron chi connectivity index (χ0n) is 11.7. The highest BCUT2D eigenvalue weighted by Crippen LogP contribution is 2.28. The molecule has 0 bridgehead atoms. The molecule has 3 heterocycles. The molecule has 112 valence electrons. The largest absolute Gasteiger partial charge is 0.390 e. The summed E-state index contributed by atoms with van der Waals surface area (Å²) in [6, 6.07) is 0.557. The van der Waals surface area contributed by atoms with Crippen LogP contribution >= 0.6 is 0 Å². The van der Waals surface area contributed by atoms with Crippen molar-refractivity contribution in [2.45, 2.75) is 37.5 Å². The molecule has 3 rings (SSSR count). The van der Waals surface area contributed by atoms with Gasteiger partial charge in [-0.15, -0.1) is 0 Å². The number of hydrogen-bond donors (Lipinski definition) is 1. The van der Waals surface area contributed by atoms with E-state index < -0.39 is 6.10 Å². The van der Waals surface area contributed by atoms with Gasteiger partial charge in [0.2, 0.25) is 11.7 Å². The lowest BCUT2D eigenvalue weighted by molar-refractivity contribution is -0.0548. The summed E-state index contributed by atoms with van der Waals surface area (Å²) in [5.41, 5.74) is 0. The minimum Gasteiger partial charge on any atom is -0.390 e. The number of morpholine rings is 1. The van der Waals surface area contributed by atoms with E-state index in [2.05, 4.69) is 15.0 Å². The molecule has 2 fully saturated rings. The first-order valence-corrected chi connectivity index (χ1v) is 7.11. The van der Waals surface area contributed by atoms with Crippen LogP contribution in [-0.2, 0) is 15.9 Å². The van der Waals surface area contributed by atoms with Crippen molar-refractivity contribution in [3.63, 3.8) is 0 Å². The third-order valence-electron chi connectivity index (χ3n) is 3.93. The zero-order valence-corrected chi connectivity index (χ0v) is 11.7. The molecular formula is C13H21N3O4. The molecule has 3 atom stereocenters. The number of hydrogen-bond acceptors (Lipinski definition) is 7. The maximum absolute atomic E-state index is 9.65. The van der Waals surface area contributed by atoms with E-state index in [-0.39, 0.29) is 12.7 Å². The summed E-state index contributed by atoms with van der Waals surface area (Å²) in [4.78, 5) is 6.76. The molecule has 1 aromatic rings. The van der Waals surface area contributed by atoms with Gasteiger partial charge in [0.05, 0.1) is 25.7 Å². The van der Waals surface area contributed by atoms with Gasteiger partial charge >= 0.3 is 0 Å². The number of rotatable bonds is 5. The lowest BCUT2D eigenvalue weighted by atomic mass is 10.2.